The fraction of sp³-hybridized carbons (Fsp3) is 0.462. The molecular weight excluding hydrogens is 280 g/mol. The van der Waals surface area contributed by atoms with Crippen LogP contribution in [-0.4, -0.2) is 24.5 Å². The molecule has 92 valence electrons. The Hall–Kier alpha value is -0.870. The van der Waals surface area contributed by atoms with Gasteiger partial charge in [0, 0.05) is 24.0 Å². The number of benzene rings is 1. The van der Waals surface area contributed by atoms with Gasteiger partial charge in [-0.1, -0.05) is 12.1 Å². The van der Waals surface area contributed by atoms with Crippen molar-refractivity contribution in [3.63, 3.8) is 0 Å². The van der Waals surface area contributed by atoms with Crippen LogP contribution < -0.4 is 10.2 Å². The van der Waals surface area contributed by atoms with Crippen LogP contribution in [0.3, 0.4) is 0 Å². The zero-order valence-electron chi connectivity index (χ0n) is 10.2. The van der Waals surface area contributed by atoms with Gasteiger partial charge in [-0.2, -0.15) is 0 Å². The third-order valence-electron chi connectivity index (χ3n) is 3.02. The minimum absolute atomic E-state index is 0.173. The first-order chi connectivity index (χ1) is 8.02. The molecule has 0 radical (unpaired) electrons. The van der Waals surface area contributed by atoms with E-state index in [2.05, 4.69) is 35.1 Å². The molecule has 1 N–H and O–H groups in total. The first-order valence-electron chi connectivity index (χ1n) is 5.81. The molecule has 1 aromatic rings. The molecule has 2 rings (SSSR count). The molecule has 0 aliphatic carbocycles. The van der Waals surface area contributed by atoms with Crippen LogP contribution in [0.15, 0.2) is 28.7 Å². The zero-order chi connectivity index (χ0) is 12.5. The summed E-state index contributed by atoms with van der Waals surface area (Å²) in [6, 6.07) is 7.87. The molecule has 1 aliphatic heterocycles. The number of hydrogen-bond donors (Lipinski definition) is 1. The van der Waals surface area contributed by atoms with Gasteiger partial charge in [-0.3, -0.25) is 4.79 Å². The average Bonchev–Trinajstić information content (AvgIpc) is 2.39. The minimum Gasteiger partial charge on any atom is -0.314 e. The highest BCUT2D eigenvalue weighted by Gasteiger charge is 2.34. The first-order valence-corrected chi connectivity index (χ1v) is 6.60. The lowest BCUT2D eigenvalue weighted by molar-refractivity contribution is -0.119. The number of nitrogens with one attached hydrogen (secondary N) is 1. The summed E-state index contributed by atoms with van der Waals surface area (Å²) >= 11 is 3.52. The van der Waals surface area contributed by atoms with Gasteiger partial charge in [0.1, 0.15) is 0 Å². The number of rotatable bonds is 1. The fourth-order valence-corrected chi connectivity index (χ4v) is 2.67. The number of nitrogens with zero attached hydrogens (tertiary/aromatic N) is 1. The molecule has 1 amide bonds. The van der Waals surface area contributed by atoms with Crippen molar-refractivity contribution in [2.75, 3.05) is 18.0 Å². The number of anilines is 1. The molecule has 1 heterocycles. The molecule has 0 spiro atoms. The van der Waals surface area contributed by atoms with Gasteiger partial charge in [0.05, 0.1) is 11.2 Å². The molecule has 1 fully saturated rings. The maximum absolute atomic E-state index is 12.2. The largest absolute Gasteiger partial charge is 0.314 e. The third kappa shape index (κ3) is 2.53. The first kappa shape index (κ1) is 12.6. The van der Waals surface area contributed by atoms with Crippen molar-refractivity contribution in [1.82, 2.24) is 5.32 Å². The highest BCUT2D eigenvalue weighted by atomic mass is 79.9. The van der Waals surface area contributed by atoms with Gasteiger partial charge >= 0.3 is 0 Å². The number of hydrogen-bond acceptors (Lipinski definition) is 2. The predicted octanol–water partition coefficient (Wildman–Crippen LogP) is 2.55. The summed E-state index contributed by atoms with van der Waals surface area (Å²) < 4.78 is 0.961. The van der Waals surface area contributed by atoms with Crippen LogP contribution in [-0.2, 0) is 4.79 Å². The SMILES string of the molecule is CC1(C)CNCCC(=O)N1c1ccccc1Br. The summed E-state index contributed by atoms with van der Waals surface area (Å²) in [5.74, 6) is 0.173. The minimum atomic E-state index is -0.211. The highest BCUT2D eigenvalue weighted by Crippen LogP contribution is 2.32. The van der Waals surface area contributed by atoms with Crippen molar-refractivity contribution in [2.45, 2.75) is 25.8 Å². The Morgan fingerprint density at radius 2 is 2.06 bits per heavy atom. The summed E-state index contributed by atoms with van der Waals surface area (Å²) in [4.78, 5) is 14.1. The third-order valence-corrected chi connectivity index (χ3v) is 3.69. The smallest absolute Gasteiger partial charge is 0.228 e. The second kappa shape index (κ2) is 4.78. The van der Waals surface area contributed by atoms with Crippen LogP contribution in [0.5, 0.6) is 0 Å². The monoisotopic (exact) mass is 296 g/mol. The van der Waals surface area contributed by atoms with Crippen molar-refractivity contribution >= 4 is 27.5 Å². The van der Waals surface area contributed by atoms with Crippen molar-refractivity contribution in [3.05, 3.63) is 28.7 Å². The molecule has 0 unspecified atom stereocenters. The normalized spacial score (nSPS) is 20.2. The molecule has 0 atom stereocenters. The van der Waals surface area contributed by atoms with E-state index in [4.69, 9.17) is 0 Å². The quantitative estimate of drug-likeness (QED) is 0.864. The van der Waals surface area contributed by atoms with E-state index in [0.717, 1.165) is 23.2 Å². The molecule has 3 nitrogen and oxygen atoms in total. The Balaban J connectivity index is 2.45. The molecule has 17 heavy (non-hydrogen) atoms. The van der Waals surface area contributed by atoms with Crippen LogP contribution in [0.2, 0.25) is 0 Å². The van der Waals surface area contributed by atoms with Gasteiger partial charge in [0.2, 0.25) is 5.91 Å². The second-order valence-corrected chi connectivity index (χ2v) is 5.77. The lowest BCUT2D eigenvalue weighted by Gasteiger charge is -2.37. The van der Waals surface area contributed by atoms with Crippen LogP contribution in [0.25, 0.3) is 0 Å². The van der Waals surface area contributed by atoms with E-state index in [9.17, 15) is 4.79 Å². The van der Waals surface area contributed by atoms with Crippen molar-refractivity contribution in [3.8, 4) is 0 Å². The number of amides is 1. The van der Waals surface area contributed by atoms with E-state index in [1.54, 1.807) is 0 Å². The maximum Gasteiger partial charge on any atom is 0.228 e. The van der Waals surface area contributed by atoms with E-state index in [1.165, 1.54) is 0 Å². The van der Waals surface area contributed by atoms with E-state index in [0.29, 0.717) is 6.42 Å². The molecular formula is C13H17BrN2O. The number of carbonyl (C=O) groups excluding carboxylic acids is 1. The Morgan fingerprint density at radius 3 is 2.76 bits per heavy atom. The van der Waals surface area contributed by atoms with Crippen molar-refractivity contribution < 1.29 is 4.79 Å². The Kier molecular flexibility index (Phi) is 3.54. The van der Waals surface area contributed by atoms with Crippen molar-refractivity contribution in [1.29, 1.82) is 0 Å². The molecule has 1 saturated heterocycles. The Morgan fingerprint density at radius 1 is 1.35 bits per heavy atom. The number of para-hydroxylation sites is 1. The summed E-state index contributed by atoms with van der Waals surface area (Å²) in [6.07, 6.45) is 0.546. The van der Waals surface area contributed by atoms with E-state index >= 15 is 0 Å². The fourth-order valence-electron chi connectivity index (χ4n) is 2.21. The lowest BCUT2D eigenvalue weighted by Crippen LogP contribution is -2.51. The van der Waals surface area contributed by atoms with Gasteiger partial charge in [-0.05, 0) is 41.9 Å². The van der Waals surface area contributed by atoms with Gasteiger partial charge in [0.25, 0.3) is 0 Å². The van der Waals surface area contributed by atoms with E-state index in [1.807, 2.05) is 29.2 Å². The van der Waals surface area contributed by atoms with Crippen LogP contribution in [0.4, 0.5) is 5.69 Å². The predicted molar refractivity (Wildman–Crippen MR) is 73.2 cm³/mol. The standard InChI is InChI=1S/C13H17BrN2O/c1-13(2)9-15-8-7-12(17)16(13)11-6-4-3-5-10(11)14/h3-6,15H,7-9H2,1-2H3. The second-order valence-electron chi connectivity index (χ2n) is 4.92. The van der Waals surface area contributed by atoms with Crippen molar-refractivity contribution in [2.24, 2.45) is 0 Å². The van der Waals surface area contributed by atoms with Gasteiger partial charge in [-0.25, -0.2) is 0 Å². The molecule has 4 heteroatoms. The van der Waals surface area contributed by atoms with Crippen LogP contribution in [0.1, 0.15) is 20.3 Å². The average molecular weight is 297 g/mol. The number of halogens is 1. The maximum atomic E-state index is 12.2. The Labute approximate surface area is 110 Å². The lowest BCUT2D eigenvalue weighted by atomic mass is 10.0. The van der Waals surface area contributed by atoms with Crippen LogP contribution >= 0.6 is 15.9 Å². The number of carbonyl (C=O) groups is 1. The molecule has 0 aromatic heterocycles. The van der Waals surface area contributed by atoms with E-state index in [-0.39, 0.29) is 11.4 Å². The molecule has 1 aliphatic rings. The summed E-state index contributed by atoms with van der Waals surface area (Å²) in [6.45, 7) is 5.73. The molecule has 0 bridgehead atoms. The van der Waals surface area contributed by atoms with Gasteiger partial charge < -0.3 is 10.2 Å². The molecule has 1 aromatic carbocycles. The van der Waals surface area contributed by atoms with E-state index < -0.39 is 0 Å². The van der Waals surface area contributed by atoms with Crippen LogP contribution in [0, 0.1) is 0 Å². The zero-order valence-corrected chi connectivity index (χ0v) is 11.8. The summed E-state index contributed by atoms with van der Waals surface area (Å²) in [5, 5.41) is 3.31. The summed E-state index contributed by atoms with van der Waals surface area (Å²) in [5.41, 5.74) is 0.739. The highest BCUT2D eigenvalue weighted by molar-refractivity contribution is 9.10. The topological polar surface area (TPSA) is 32.3 Å². The van der Waals surface area contributed by atoms with Gasteiger partial charge in [-0.15, -0.1) is 0 Å². The Bertz CT molecular complexity index is 431. The summed E-state index contributed by atoms with van der Waals surface area (Å²) in [7, 11) is 0. The molecule has 0 saturated carbocycles. The van der Waals surface area contributed by atoms with Gasteiger partial charge in [0.15, 0.2) is 0 Å².